The van der Waals surface area contributed by atoms with Gasteiger partial charge in [-0.3, -0.25) is 0 Å². The minimum atomic E-state index is 0.158. The molecule has 1 saturated carbocycles. The molecular weight excluding hydrogens is 234 g/mol. The Morgan fingerprint density at radius 2 is 1.84 bits per heavy atom. The SMILES string of the molecule is NC(CC1CC1)c1ccc2oc3ccccc3c2c1. The zero-order valence-electron chi connectivity index (χ0n) is 10.8. The molecular formula is C17H17NO. The highest BCUT2D eigenvalue weighted by Crippen LogP contribution is 2.38. The highest BCUT2D eigenvalue weighted by molar-refractivity contribution is 6.05. The first-order chi connectivity index (χ1) is 9.31. The number of hydrogen-bond acceptors (Lipinski definition) is 2. The normalized spacial score (nSPS) is 17.1. The van der Waals surface area contributed by atoms with E-state index in [9.17, 15) is 0 Å². The molecule has 1 atom stereocenters. The summed E-state index contributed by atoms with van der Waals surface area (Å²) < 4.78 is 5.84. The molecule has 2 aromatic carbocycles. The van der Waals surface area contributed by atoms with Crippen LogP contribution in [-0.4, -0.2) is 0 Å². The van der Waals surface area contributed by atoms with Gasteiger partial charge in [-0.05, 0) is 36.1 Å². The number of benzene rings is 2. The van der Waals surface area contributed by atoms with Crippen molar-refractivity contribution in [3.05, 3.63) is 48.0 Å². The fourth-order valence-electron chi connectivity index (χ4n) is 2.82. The van der Waals surface area contributed by atoms with Crippen LogP contribution in [0.25, 0.3) is 21.9 Å². The molecule has 3 aromatic rings. The summed E-state index contributed by atoms with van der Waals surface area (Å²) in [4.78, 5) is 0. The van der Waals surface area contributed by atoms with Gasteiger partial charge in [0.05, 0.1) is 0 Å². The van der Waals surface area contributed by atoms with Gasteiger partial charge in [-0.1, -0.05) is 37.1 Å². The van der Waals surface area contributed by atoms with E-state index in [4.69, 9.17) is 10.2 Å². The van der Waals surface area contributed by atoms with E-state index in [1.165, 1.54) is 29.2 Å². The van der Waals surface area contributed by atoms with Crippen molar-refractivity contribution in [2.24, 2.45) is 11.7 Å². The van der Waals surface area contributed by atoms with Crippen molar-refractivity contribution in [2.75, 3.05) is 0 Å². The van der Waals surface area contributed by atoms with Crippen LogP contribution in [0.15, 0.2) is 46.9 Å². The Hall–Kier alpha value is -1.80. The second-order valence-electron chi connectivity index (χ2n) is 5.64. The molecule has 19 heavy (non-hydrogen) atoms. The Kier molecular flexibility index (Phi) is 2.39. The average Bonchev–Trinajstić information content (AvgIpc) is 3.17. The molecule has 1 heterocycles. The summed E-state index contributed by atoms with van der Waals surface area (Å²) >= 11 is 0. The Labute approximate surface area is 112 Å². The van der Waals surface area contributed by atoms with Crippen molar-refractivity contribution in [3.63, 3.8) is 0 Å². The summed E-state index contributed by atoms with van der Waals surface area (Å²) in [5, 5.41) is 2.36. The highest BCUT2D eigenvalue weighted by Gasteiger charge is 2.24. The van der Waals surface area contributed by atoms with Crippen LogP contribution < -0.4 is 5.73 Å². The van der Waals surface area contributed by atoms with Crippen molar-refractivity contribution in [2.45, 2.75) is 25.3 Å². The Morgan fingerprint density at radius 1 is 1.05 bits per heavy atom. The molecule has 1 aliphatic carbocycles. The quantitative estimate of drug-likeness (QED) is 0.750. The van der Waals surface area contributed by atoms with E-state index in [0.29, 0.717) is 0 Å². The maximum absolute atomic E-state index is 6.31. The van der Waals surface area contributed by atoms with E-state index < -0.39 is 0 Å². The lowest BCUT2D eigenvalue weighted by molar-refractivity contribution is 0.597. The molecule has 2 heteroatoms. The zero-order chi connectivity index (χ0) is 12.8. The van der Waals surface area contributed by atoms with Crippen LogP contribution in [0.2, 0.25) is 0 Å². The Bertz CT molecular complexity index is 739. The van der Waals surface area contributed by atoms with Gasteiger partial charge in [0.1, 0.15) is 11.2 Å². The number of furan rings is 1. The molecule has 0 radical (unpaired) electrons. The van der Waals surface area contributed by atoms with Gasteiger partial charge >= 0.3 is 0 Å². The second kappa shape index (κ2) is 4.10. The van der Waals surface area contributed by atoms with Crippen molar-refractivity contribution in [1.82, 2.24) is 0 Å². The van der Waals surface area contributed by atoms with Gasteiger partial charge in [-0.2, -0.15) is 0 Å². The Balaban J connectivity index is 1.82. The van der Waals surface area contributed by atoms with Crippen molar-refractivity contribution >= 4 is 21.9 Å². The lowest BCUT2D eigenvalue weighted by atomic mass is 10.00. The third kappa shape index (κ3) is 1.92. The van der Waals surface area contributed by atoms with Gasteiger partial charge < -0.3 is 10.2 Å². The topological polar surface area (TPSA) is 39.2 Å². The number of nitrogens with two attached hydrogens (primary N) is 1. The standard InChI is InChI=1S/C17H17NO/c18-15(9-11-5-6-11)12-7-8-17-14(10-12)13-3-1-2-4-16(13)19-17/h1-4,7-8,10-11,15H,5-6,9,18H2. The summed E-state index contributed by atoms with van der Waals surface area (Å²) in [7, 11) is 0. The van der Waals surface area contributed by atoms with Crippen molar-refractivity contribution in [1.29, 1.82) is 0 Å². The van der Waals surface area contributed by atoms with Gasteiger partial charge in [-0.25, -0.2) is 0 Å². The third-order valence-electron chi connectivity index (χ3n) is 4.11. The van der Waals surface area contributed by atoms with Crippen LogP contribution in [-0.2, 0) is 0 Å². The van der Waals surface area contributed by atoms with Crippen LogP contribution in [0.5, 0.6) is 0 Å². The van der Waals surface area contributed by atoms with Crippen LogP contribution in [0.4, 0.5) is 0 Å². The molecule has 0 spiro atoms. The average molecular weight is 251 g/mol. The van der Waals surface area contributed by atoms with E-state index in [-0.39, 0.29) is 6.04 Å². The highest BCUT2D eigenvalue weighted by atomic mass is 16.3. The molecule has 1 unspecified atom stereocenters. The summed E-state index contributed by atoms with van der Waals surface area (Å²) in [5.74, 6) is 0.854. The molecule has 1 aromatic heterocycles. The molecule has 0 saturated heterocycles. The minimum absolute atomic E-state index is 0.158. The maximum atomic E-state index is 6.31. The van der Waals surface area contributed by atoms with E-state index in [1.54, 1.807) is 0 Å². The molecule has 96 valence electrons. The first kappa shape index (κ1) is 11.1. The smallest absolute Gasteiger partial charge is 0.135 e. The predicted molar refractivity (Wildman–Crippen MR) is 78.0 cm³/mol. The number of rotatable bonds is 3. The summed E-state index contributed by atoms with van der Waals surface area (Å²) in [6.45, 7) is 0. The molecule has 2 nitrogen and oxygen atoms in total. The molecule has 4 rings (SSSR count). The van der Waals surface area contributed by atoms with Gasteiger partial charge in [0, 0.05) is 16.8 Å². The monoisotopic (exact) mass is 251 g/mol. The van der Waals surface area contributed by atoms with Gasteiger partial charge in [0.15, 0.2) is 0 Å². The second-order valence-corrected chi connectivity index (χ2v) is 5.64. The first-order valence-corrected chi connectivity index (χ1v) is 6.98. The number of para-hydroxylation sites is 1. The van der Waals surface area contributed by atoms with Crippen LogP contribution in [0.1, 0.15) is 30.9 Å². The third-order valence-corrected chi connectivity index (χ3v) is 4.11. The van der Waals surface area contributed by atoms with Crippen LogP contribution >= 0.6 is 0 Å². The van der Waals surface area contributed by atoms with E-state index in [2.05, 4.69) is 24.3 Å². The molecule has 0 amide bonds. The molecule has 1 fully saturated rings. The summed E-state index contributed by atoms with van der Waals surface area (Å²) in [6, 6.07) is 14.7. The Morgan fingerprint density at radius 3 is 2.68 bits per heavy atom. The predicted octanol–water partition coefficient (Wildman–Crippen LogP) is 4.39. The molecule has 0 bridgehead atoms. The summed E-state index contributed by atoms with van der Waals surface area (Å²) in [6.07, 6.45) is 3.82. The minimum Gasteiger partial charge on any atom is -0.456 e. The fourth-order valence-corrected chi connectivity index (χ4v) is 2.82. The lowest BCUT2D eigenvalue weighted by Crippen LogP contribution is -2.10. The van der Waals surface area contributed by atoms with Crippen LogP contribution in [0.3, 0.4) is 0 Å². The molecule has 1 aliphatic rings. The zero-order valence-corrected chi connectivity index (χ0v) is 10.8. The fraction of sp³-hybridized carbons (Fsp3) is 0.294. The molecule has 0 aliphatic heterocycles. The van der Waals surface area contributed by atoms with Gasteiger partial charge in [0.25, 0.3) is 0 Å². The van der Waals surface area contributed by atoms with E-state index in [1.807, 2.05) is 18.2 Å². The number of fused-ring (bicyclic) bond motifs is 3. The van der Waals surface area contributed by atoms with Crippen molar-refractivity contribution in [3.8, 4) is 0 Å². The molecule has 2 N–H and O–H groups in total. The van der Waals surface area contributed by atoms with Gasteiger partial charge in [-0.15, -0.1) is 0 Å². The first-order valence-electron chi connectivity index (χ1n) is 6.98. The largest absolute Gasteiger partial charge is 0.456 e. The maximum Gasteiger partial charge on any atom is 0.135 e. The van der Waals surface area contributed by atoms with Crippen LogP contribution in [0, 0.1) is 5.92 Å². The van der Waals surface area contributed by atoms with E-state index in [0.717, 1.165) is 23.5 Å². The lowest BCUT2D eigenvalue weighted by Gasteiger charge is -2.11. The van der Waals surface area contributed by atoms with E-state index >= 15 is 0 Å². The summed E-state index contributed by atoms with van der Waals surface area (Å²) in [5.41, 5.74) is 9.43. The number of hydrogen-bond donors (Lipinski definition) is 1. The van der Waals surface area contributed by atoms with Gasteiger partial charge in [0.2, 0.25) is 0 Å². The van der Waals surface area contributed by atoms with Crippen molar-refractivity contribution < 1.29 is 4.42 Å².